The Labute approximate surface area is 128 Å². The Hall–Kier alpha value is -2.28. The van der Waals surface area contributed by atoms with E-state index < -0.39 is 0 Å². The largest absolute Gasteiger partial charge is 0.493 e. The zero-order chi connectivity index (χ0) is 15.7. The molecule has 2 aromatic rings. The highest BCUT2D eigenvalue weighted by molar-refractivity contribution is 5.91. The second-order valence-corrected chi connectivity index (χ2v) is 5.81. The predicted octanol–water partition coefficient (Wildman–Crippen LogP) is 1.68. The van der Waals surface area contributed by atoms with E-state index in [1.807, 2.05) is 0 Å². The number of benzene rings is 1. The van der Waals surface area contributed by atoms with Gasteiger partial charge in [0.2, 0.25) is 5.95 Å². The van der Waals surface area contributed by atoms with Gasteiger partial charge in [0.25, 0.3) is 0 Å². The highest BCUT2D eigenvalue weighted by atomic mass is 16.5. The molecule has 0 amide bonds. The zero-order valence-corrected chi connectivity index (χ0v) is 13.0. The van der Waals surface area contributed by atoms with Gasteiger partial charge in [-0.1, -0.05) is 6.92 Å². The number of hydrogen-bond donors (Lipinski definition) is 2. The standard InChI is InChI=1S/C15H20N4O3/c1-15(7-22-8-15)6-17-14-18-10-5-12(21-3)11(20-2)4-9(10)13(16)19-14/h4-5H,6-8H2,1-3H3,(H3,16,17,18,19). The van der Waals surface area contributed by atoms with Crippen LogP contribution >= 0.6 is 0 Å². The van der Waals surface area contributed by atoms with E-state index in [0.717, 1.165) is 25.1 Å². The Bertz CT molecular complexity index is 701. The van der Waals surface area contributed by atoms with Crippen molar-refractivity contribution in [2.75, 3.05) is 45.0 Å². The third kappa shape index (κ3) is 2.59. The maximum absolute atomic E-state index is 6.05. The van der Waals surface area contributed by atoms with Crippen LogP contribution in [-0.4, -0.2) is 43.9 Å². The summed E-state index contributed by atoms with van der Waals surface area (Å²) in [6, 6.07) is 3.58. The van der Waals surface area contributed by atoms with Crippen molar-refractivity contribution in [3.8, 4) is 11.5 Å². The minimum absolute atomic E-state index is 0.130. The first-order chi connectivity index (χ1) is 10.5. The minimum atomic E-state index is 0.130. The molecule has 2 heterocycles. The number of methoxy groups -OCH3 is 2. The molecule has 0 atom stereocenters. The molecule has 3 N–H and O–H groups in total. The van der Waals surface area contributed by atoms with E-state index in [1.54, 1.807) is 26.4 Å². The SMILES string of the molecule is COc1cc2nc(NCC3(C)COC3)nc(N)c2cc1OC. The number of nitrogen functional groups attached to an aromatic ring is 1. The molecule has 1 aromatic heterocycles. The number of nitrogens with two attached hydrogens (primary N) is 1. The van der Waals surface area contributed by atoms with Crippen molar-refractivity contribution in [3.63, 3.8) is 0 Å². The van der Waals surface area contributed by atoms with E-state index in [1.165, 1.54) is 0 Å². The molecule has 22 heavy (non-hydrogen) atoms. The third-order valence-corrected chi connectivity index (χ3v) is 3.80. The number of nitrogens with zero attached hydrogens (tertiary/aromatic N) is 2. The molecule has 118 valence electrons. The lowest BCUT2D eigenvalue weighted by Gasteiger charge is -2.38. The van der Waals surface area contributed by atoms with Crippen LogP contribution in [-0.2, 0) is 4.74 Å². The van der Waals surface area contributed by atoms with Crippen molar-refractivity contribution in [1.82, 2.24) is 9.97 Å². The molecule has 3 rings (SSSR count). The smallest absolute Gasteiger partial charge is 0.225 e. The maximum atomic E-state index is 6.05. The van der Waals surface area contributed by atoms with Gasteiger partial charge < -0.3 is 25.3 Å². The lowest BCUT2D eigenvalue weighted by molar-refractivity contribution is -0.0925. The number of fused-ring (bicyclic) bond motifs is 1. The summed E-state index contributed by atoms with van der Waals surface area (Å²) in [4.78, 5) is 8.81. The van der Waals surface area contributed by atoms with E-state index in [4.69, 9.17) is 19.9 Å². The molecule has 0 spiro atoms. The van der Waals surface area contributed by atoms with Crippen LogP contribution in [0, 0.1) is 5.41 Å². The molecule has 1 saturated heterocycles. The zero-order valence-electron chi connectivity index (χ0n) is 13.0. The summed E-state index contributed by atoms with van der Waals surface area (Å²) < 4.78 is 15.8. The van der Waals surface area contributed by atoms with Gasteiger partial charge in [-0.05, 0) is 6.07 Å². The number of anilines is 2. The molecule has 1 aliphatic heterocycles. The maximum Gasteiger partial charge on any atom is 0.225 e. The summed E-state index contributed by atoms with van der Waals surface area (Å²) in [6.45, 7) is 4.38. The normalized spacial score (nSPS) is 16.1. The van der Waals surface area contributed by atoms with Crippen molar-refractivity contribution in [3.05, 3.63) is 12.1 Å². The third-order valence-electron chi connectivity index (χ3n) is 3.80. The second-order valence-electron chi connectivity index (χ2n) is 5.81. The molecule has 1 aliphatic rings. The summed E-state index contributed by atoms with van der Waals surface area (Å²) in [5, 5.41) is 3.97. The number of nitrogens with one attached hydrogen (secondary N) is 1. The van der Waals surface area contributed by atoms with Crippen molar-refractivity contribution in [2.45, 2.75) is 6.92 Å². The van der Waals surface area contributed by atoms with Crippen LogP contribution in [0.1, 0.15) is 6.92 Å². The Kier molecular flexibility index (Phi) is 3.66. The molecule has 1 aromatic carbocycles. The molecule has 0 radical (unpaired) electrons. The Morgan fingerprint density at radius 3 is 2.50 bits per heavy atom. The second kappa shape index (κ2) is 5.49. The van der Waals surface area contributed by atoms with Crippen LogP contribution in [0.2, 0.25) is 0 Å². The van der Waals surface area contributed by atoms with Crippen molar-refractivity contribution in [2.24, 2.45) is 5.41 Å². The average Bonchev–Trinajstić information content (AvgIpc) is 2.49. The van der Waals surface area contributed by atoms with Gasteiger partial charge in [0, 0.05) is 23.4 Å². The first-order valence-corrected chi connectivity index (χ1v) is 7.05. The Balaban J connectivity index is 1.92. The van der Waals surface area contributed by atoms with E-state index in [9.17, 15) is 0 Å². The Morgan fingerprint density at radius 2 is 1.91 bits per heavy atom. The number of rotatable bonds is 5. The fourth-order valence-corrected chi connectivity index (χ4v) is 2.40. The van der Waals surface area contributed by atoms with E-state index in [0.29, 0.717) is 28.8 Å². The van der Waals surface area contributed by atoms with Gasteiger partial charge in [-0.25, -0.2) is 4.98 Å². The molecular formula is C15H20N4O3. The average molecular weight is 304 g/mol. The van der Waals surface area contributed by atoms with Crippen LogP contribution in [0.25, 0.3) is 10.9 Å². The lowest BCUT2D eigenvalue weighted by Crippen LogP contribution is -2.45. The van der Waals surface area contributed by atoms with Gasteiger partial charge in [0.05, 0.1) is 33.0 Å². The molecule has 7 nitrogen and oxygen atoms in total. The fourth-order valence-electron chi connectivity index (χ4n) is 2.40. The van der Waals surface area contributed by atoms with Crippen molar-refractivity contribution >= 4 is 22.7 Å². The summed E-state index contributed by atoms with van der Waals surface area (Å²) in [5.41, 5.74) is 6.89. The summed E-state index contributed by atoms with van der Waals surface area (Å²) in [5.74, 6) is 2.12. The molecule has 0 bridgehead atoms. The molecule has 0 unspecified atom stereocenters. The molecule has 0 saturated carbocycles. The monoisotopic (exact) mass is 304 g/mol. The van der Waals surface area contributed by atoms with Gasteiger partial charge in [-0.2, -0.15) is 4.98 Å². The Morgan fingerprint density at radius 1 is 1.23 bits per heavy atom. The van der Waals surface area contributed by atoms with Crippen molar-refractivity contribution in [1.29, 1.82) is 0 Å². The fraction of sp³-hybridized carbons (Fsp3) is 0.467. The summed E-state index contributed by atoms with van der Waals surface area (Å²) in [7, 11) is 3.17. The number of aromatic nitrogens is 2. The van der Waals surface area contributed by atoms with Gasteiger partial charge in [0.15, 0.2) is 11.5 Å². The van der Waals surface area contributed by atoms with Gasteiger partial charge >= 0.3 is 0 Å². The summed E-state index contributed by atoms with van der Waals surface area (Å²) >= 11 is 0. The van der Waals surface area contributed by atoms with Crippen LogP contribution in [0.15, 0.2) is 12.1 Å². The predicted molar refractivity (Wildman–Crippen MR) is 84.5 cm³/mol. The highest BCUT2D eigenvalue weighted by Crippen LogP contribution is 2.34. The molecule has 1 fully saturated rings. The molecule has 7 heteroatoms. The minimum Gasteiger partial charge on any atom is -0.493 e. The molecule has 0 aliphatic carbocycles. The van der Waals surface area contributed by atoms with Crippen LogP contribution in [0.4, 0.5) is 11.8 Å². The highest BCUT2D eigenvalue weighted by Gasteiger charge is 2.33. The lowest BCUT2D eigenvalue weighted by atomic mass is 9.89. The van der Waals surface area contributed by atoms with E-state index in [-0.39, 0.29) is 5.41 Å². The van der Waals surface area contributed by atoms with E-state index in [2.05, 4.69) is 22.2 Å². The topological polar surface area (TPSA) is 91.5 Å². The summed E-state index contributed by atoms with van der Waals surface area (Å²) in [6.07, 6.45) is 0. The molecular weight excluding hydrogens is 284 g/mol. The first-order valence-electron chi connectivity index (χ1n) is 7.05. The van der Waals surface area contributed by atoms with Crippen LogP contribution in [0.5, 0.6) is 11.5 Å². The quantitative estimate of drug-likeness (QED) is 0.868. The van der Waals surface area contributed by atoms with E-state index >= 15 is 0 Å². The van der Waals surface area contributed by atoms with Crippen LogP contribution < -0.4 is 20.5 Å². The van der Waals surface area contributed by atoms with Gasteiger partial charge in [-0.3, -0.25) is 0 Å². The van der Waals surface area contributed by atoms with Gasteiger partial charge in [0.1, 0.15) is 5.82 Å². The first kappa shape index (κ1) is 14.6. The number of ether oxygens (including phenoxy) is 3. The van der Waals surface area contributed by atoms with Crippen LogP contribution in [0.3, 0.4) is 0 Å². The number of hydrogen-bond acceptors (Lipinski definition) is 7. The van der Waals surface area contributed by atoms with Crippen molar-refractivity contribution < 1.29 is 14.2 Å². The van der Waals surface area contributed by atoms with Gasteiger partial charge in [-0.15, -0.1) is 0 Å².